The second kappa shape index (κ2) is 3.45. The Kier molecular flexibility index (Phi) is 2.13. The van der Waals surface area contributed by atoms with Crippen molar-refractivity contribution < 1.29 is 4.79 Å². The number of nitrogens with two attached hydrogens (primary N) is 1. The van der Waals surface area contributed by atoms with Gasteiger partial charge < -0.3 is 10.7 Å². The third-order valence-electron chi connectivity index (χ3n) is 2.08. The lowest BCUT2D eigenvalue weighted by Gasteiger charge is -2.01. The summed E-state index contributed by atoms with van der Waals surface area (Å²) in [6, 6.07) is 6.48. The zero-order valence-electron chi connectivity index (χ0n) is 7.81. The molecule has 5 heteroatoms. The molecule has 0 aliphatic rings. The average molecular weight is 203 g/mol. The first kappa shape index (κ1) is 9.26. The fourth-order valence-electron chi connectivity index (χ4n) is 1.31. The molecule has 0 saturated carbocycles. The molecular formula is C10H9N3O2. The zero-order valence-corrected chi connectivity index (χ0v) is 7.81. The van der Waals surface area contributed by atoms with Crippen molar-refractivity contribution in [1.82, 2.24) is 9.55 Å². The Morgan fingerprint density at radius 2 is 1.93 bits per heavy atom. The van der Waals surface area contributed by atoms with Gasteiger partial charge in [0.25, 0.3) is 0 Å². The van der Waals surface area contributed by atoms with Crippen LogP contribution < -0.4 is 11.4 Å². The molecule has 0 bridgehead atoms. The largest absolute Gasteiger partial charge is 0.366 e. The summed E-state index contributed by atoms with van der Waals surface area (Å²) in [5.74, 6) is -0.483. The summed E-state index contributed by atoms with van der Waals surface area (Å²) in [5.41, 5.74) is 5.98. The molecule has 2 rings (SSSR count). The summed E-state index contributed by atoms with van der Waals surface area (Å²) in [6.45, 7) is 0. The summed E-state index contributed by atoms with van der Waals surface area (Å²) in [4.78, 5) is 24.6. The zero-order chi connectivity index (χ0) is 10.8. The van der Waals surface area contributed by atoms with Crippen molar-refractivity contribution in [3.8, 4) is 5.69 Å². The first-order valence-electron chi connectivity index (χ1n) is 4.35. The van der Waals surface area contributed by atoms with E-state index in [4.69, 9.17) is 5.73 Å². The molecule has 1 aromatic heterocycles. The number of nitrogens with zero attached hydrogens (tertiary/aromatic N) is 1. The number of hydrogen-bond acceptors (Lipinski definition) is 2. The predicted octanol–water partition coefficient (Wildman–Crippen LogP) is 0.264. The van der Waals surface area contributed by atoms with Crippen LogP contribution in [0.1, 0.15) is 10.4 Å². The molecule has 0 atom stereocenters. The van der Waals surface area contributed by atoms with E-state index in [1.165, 1.54) is 4.57 Å². The van der Waals surface area contributed by atoms with Gasteiger partial charge in [0.15, 0.2) is 0 Å². The van der Waals surface area contributed by atoms with Gasteiger partial charge in [-0.25, -0.2) is 4.79 Å². The number of aromatic amines is 1. The van der Waals surface area contributed by atoms with Crippen LogP contribution in [0, 0.1) is 0 Å². The van der Waals surface area contributed by atoms with Crippen LogP contribution in [0.4, 0.5) is 0 Å². The quantitative estimate of drug-likeness (QED) is 0.734. The lowest BCUT2D eigenvalue weighted by molar-refractivity contribution is 0.100. The van der Waals surface area contributed by atoms with E-state index in [9.17, 15) is 9.59 Å². The Bertz CT molecular complexity index is 536. The molecule has 1 heterocycles. The molecule has 0 aliphatic heterocycles. The highest BCUT2D eigenvalue weighted by Gasteiger charge is 2.02. The van der Waals surface area contributed by atoms with Crippen molar-refractivity contribution in [3.63, 3.8) is 0 Å². The molecule has 3 N–H and O–H groups in total. The third-order valence-corrected chi connectivity index (χ3v) is 2.08. The number of hydrogen-bond donors (Lipinski definition) is 2. The van der Waals surface area contributed by atoms with Gasteiger partial charge in [-0.1, -0.05) is 0 Å². The normalized spacial score (nSPS) is 10.1. The van der Waals surface area contributed by atoms with Crippen molar-refractivity contribution in [2.45, 2.75) is 0 Å². The highest BCUT2D eigenvalue weighted by atomic mass is 16.1. The number of carbonyl (C=O) groups excluding carboxylic acids is 1. The van der Waals surface area contributed by atoms with E-state index in [2.05, 4.69) is 4.98 Å². The molecule has 0 spiro atoms. The lowest BCUT2D eigenvalue weighted by Crippen LogP contribution is -2.15. The van der Waals surface area contributed by atoms with E-state index in [0.717, 1.165) is 0 Å². The summed E-state index contributed by atoms with van der Waals surface area (Å²) >= 11 is 0. The van der Waals surface area contributed by atoms with E-state index in [0.29, 0.717) is 11.3 Å². The molecule has 0 saturated heterocycles. The number of amides is 1. The van der Waals surface area contributed by atoms with Gasteiger partial charge in [0, 0.05) is 18.0 Å². The summed E-state index contributed by atoms with van der Waals surface area (Å²) in [6.07, 6.45) is 3.16. The van der Waals surface area contributed by atoms with Crippen molar-refractivity contribution in [3.05, 3.63) is 52.7 Å². The van der Waals surface area contributed by atoms with E-state index in [1.54, 1.807) is 36.7 Å². The standard InChI is InChI=1S/C10H9N3O2/c11-9(14)7-1-3-8(4-2-7)13-6-5-12-10(13)15/h1-6H,(H2,11,14)(H,12,15). The summed E-state index contributed by atoms with van der Waals surface area (Å²) in [7, 11) is 0. The van der Waals surface area contributed by atoms with Crippen LogP contribution in [0.25, 0.3) is 5.69 Å². The van der Waals surface area contributed by atoms with Gasteiger partial charge in [-0.2, -0.15) is 0 Å². The van der Waals surface area contributed by atoms with Crippen molar-refractivity contribution >= 4 is 5.91 Å². The molecule has 0 unspecified atom stereocenters. The fraction of sp³-hybridized carbons (Fsp3) is 0. The minimum Gasteiger partial charge on any atom is -0.366 e. The van der Waals surface area contributed by atoms with Crippen molar-refractivity contribution in [2.24, 2.45) is 5.73 Å². The fourth-order valence-corrected chi connectivity index (χ4v) is 1.31. The molecule has 1 aromatic carbocycles. The molecule has 0 aliphatic carbocycles. The predicted molar refractivity (Wildman–Crippen MR) is 54.9 cm³/mol. The van der Waals surface area contributed by atoms with Gasteiger partial charge in [-0.15, -0.1) is 0 Å². The molecule has 0 fully saturated rings. The van der Waals surface area contributed by atoms with Crippen molar-refractivity contribution in [2.75, 3.05) is 0 Å². The molecule has 5 nitrogen and oxygen atoms in total. The van der Waals surface area contributed by atoms with Crippen LogP contribution >= 0.6 is 0 Å². The number of nitrogens with one attached hydrogen (secondary N) is 1. The van der Waals surface area contributed by atoms with Gasteiger partial charge >= 0.3 is 5.69 Å². The SMILES string of the molecule is NC(=O)c1ccc(-n2cc[nH]c2=O)cc1. The minimum atomic E-state index is -0.483. The van der Waals surface area contributed by atoms with Gasteiger partial charge in [-0.05, 0) is 24.3 Å². The van der Waals surface area contributed by atoms with Crippen LogP contribution in [0.3, 0.4) is 0 Å². The molecule has 76 valence electrons. The van der Waals surface area contributed by atoms with Crippen LogP contribution in [-0.2, 0) is 0 Å². The van der Waals surface area contributed by atoms with Crippen LogP contribution in [-0.4, -0.2) is 15.5 Å². The number of imidazole rings is 1. The smallest absolute Gasteiger partial charge is 0.330 e. The number of benzene rings is 1. The third kappa shape index (κ3) is 1.67. The monoisotopic (exact) mass is 203 g/mol. The topological polar surface area (TPSA) is 80.9 Å². The Morgan fingerprint density at radius 1 is 1.27 bits per heavy atom. The van der Waals surface area contributed by atoms with Crippen LogP contribution in [0.15, 0.2) is 41.5 Å². The number of carbonyl (C=O) groups is 1. The molecule has 2 aromatic rings. The van der Waals surface area contributed by atoms with Gasteiger partial charge in [0.1, 0.15) is 0 Å². The van der Waals surface area contributed by atoms with E-state index in [1.807, 2.05) is 0 Å². The van der Waals surface area contributed by atoms with Crippen molar-refractivity contribution in [1.29, 1.82) is 0 Å². The first-order chi connectivity index (χ1) is 7.18. The maximum Gasteiger partial charge on any atom is 0.330 e. The average Bonchev–Trinajstić information content (AvgIpc) is 2.65. The molecular weight excluding hydrogens is 194 g/mol. The van der Waals surface area contributed by atoms with Gasteiger partial charge in [0.2, 0.25) is 5.91 Å². The van der Waals surface area contributed by atoms with Crippen LogP contribution in [0.2, 0.25) is 0 Å². The highest BCUT2D eigenvalue weighted by molar-refractivity contribution is 5.92. The number of rotatable bonds is 2. The maximum absolute atomic E-state index is 11.3. The number of H-pyrrole nitrogens is 1. The molecule has 0 radical (unpaired) electrons. The maximum atomic E-state index is 11.3. The number of primary amides is 1. The highest BCUT2D eigenvalue weighted by Crippen LogP contribution is 2.06. The molecule has 15 heavy (non-hydrogen) atoms. The second-order valence-corrected chi connectivity index (χ2v) is 3.05. The van der Waals surface area contributed by atoms with Gasteiger partial charge in [-0.3, -0.25) is 9.36 Å². The van der Waals surface area contributed by atoms with Crippen LogP contribution in [0.5, 0.6) is 0 Å². The summed E-state index contributed by atoms with van der Waals surface area (Å²) in [5, 5.41) is 0. The lowest BCUT2D eigenvalue weighted by atomic mass is 10.2. The number of aromatic nitrogens is 2. The van der Waals surface area contributed by atoms with E-state index in [-0.39, 0.29) is 5.69 Å². The molecule has 1 amide bonds. The first-order valence-corrected chi connectivity index (χ1v) is 4.35. The Balaban J connectivity index is 2.44. The minimum absolute atomic E-state index is 0.221. The second-order valence-electron chi connectivity index (χ2n) is 3.05. The van der Waals surface area contributed by atoms with E-state index < -0.39 is 5.91 Å². The Morgan fingerprint density at radius 3 is 2.40 bits per heavy atom. The Labute approximate surface area is 85.2 Å². The van der Waals surface area contributed by atoms with Gasteiger partial charge in [0.05, 0.1) is 5.69 Å². The van der Waals surface area contributed by atoms with E-state index >= 15 is 0 Å². The Hall–Kier alpha value is -2.30. The summed E-state index contributed by atoms with van der Waals surface area (Å²) < 4.78 is 1.44.